The zero-order valence-corrected chi connectivity index (χ0v) is 10.9. The van der Waals surface area contributed by atoms with Crippen molar-refractivity contribution in [3.63, 3.8) is 0 Å². The number of nitrogens with two attached hydrogens (primary N) is 1. The van der Waals surface area contributed by atoms with Crippen LogP contribution >= 0.6 is 0 Å². The Kier molecular flexibility index (Phi) is 4.92. The van der Waals surface area contributed by atoms with Crippen LogP contribution in [0.2, 0.25) is 0 Å². The Labute approximate surface area is 108 Å². The first-order valence-electron chi connectivity index (χ1n) is 6.58. The summed E-state index contributed by atoms with van der Waals surface area (Å²) in [5.41, 5.74) is 3.77. The van der Waals surface area contributed by atoms with E-state index in [9.17, 15) is 0 Å². The van der Waals surface area contributed by atoms with Gasteiger partial charge in [-0.2, -0.15) is 0 Å². The molecule has 0 amide bonds. The molecule has 1 fully saturated rings. The number of hydrazine groups is 1. The van der Waals surface area contributed by atoms with Gasteiger partial charge in [0.05, 0.1) is 6.10 Å². The van der Waals surface area contributed by atoms with E-state index < -0.39 is 0 Å². The number of nitrogen functional groups attached to an aromatic ring is 1. The number of rotatable bonds is 6. The monoisotopic (exact) mass is 250 g/mol. The van der Waals surface area contributed by atoms with Gasteiger partial charge in [0, 0.05) is 31.5 Å². The third-order valence-electron chi connectivity index (χ3n) is 3.35. The van der Waals surface area contributed by atoms with Crippen LogP contribution in [0, 0.1) is 0 Å². The minimum Gasteiger partial charge on any atom is -0.377 e. The van der Waals surface area contributed by atoms with E-state index >= 15 is 0 Å². The van der Waals surface area contributed by atoms with E-state index in [1.165, 1.54) is 12.8 Å². The van der Waals surface area contributed by atoms with Gasteiger partial charge in [-0.3, -0.25) is 4.90 Å². The van der Waals surface area contributed by atoms with Crippen molar-refractivity contribution in [3.8, 4) is 0 Å². The lowest BCUT2D eigenvalue weighted by molar-refractivity contribution is 0.0725. The first kappa shape index (κ1) is 13.3. The summed E-state index contributed by atoms with van der Waals surface area (Å²) in [6.45, 7) is 5.91. The van der Waals surface area contributed by atoms with Crippen LogP contribution in [-0.4, -0.2) is 35.7 Å². The van der Waals surface area contributed by atoms with Crippen molar-refractivity contribution in [1.82, 2.24) is 9.88 Å². The van der Waals surface area contributed by atoms with E-state index in [4.69, 9.17) is 10.6 Å². The summed E-state index contributed by atoms with van der Waals surface area (Å²) >= 11 is 0. The van der Waals surface area contributed by atoms with Gasteiger partial charge in [0.25, 0.3) is 0 Å². The summed E-state index contributed by atoms with van der Waals surface area (Å²) in [5.74, 6) is 6.23. The Morgan fingerprint density at radius 3 is 3.17 bits per heavy atom. The first-order chi connectivity index (χ1) is 8.83. The molecule has 0 aliphatic carbocycles. The largest absolute Gasteiger partial charge is 0.377 e. The predicted octanol–water partition coefficient (Wildman–Crippen LogP) is 1.37. The highest BCUT2D eigenvalue weighted by Crippen LogP contribution is 2.17. The van der Waals surface area contributed by atoms with Gasteiger partial charge in [0.2, 0.25) is 0 Å². The lowest BCUT2D eigenvalue weighted by atomic mass is 10.2. The summed E-state index contributed by atoms with van der Waals surface area (Å²) in [4.78, 5) is 6.59. The number of ether oxygens (including phenoxy) is 1. The lowest BCUT2D eigenvalue weighted by Gasteiger charge is -2.24. The van der Waals surface area contributed by atoms with Crippen molar-refractivity contribution in [3.05, 3.63) is 23.9 Å². The Morgan fingerprint density at radius 1 is 1.61 bits per heavy atom. The van der Waals surface area contributed by atoms with Crippen LogP contribution in [0.25, 0.3) is 0 Å². The fourth-order valence-corrected chi connectivity index (χ4v) is 2.32. The highest BCUT2D eigenvalue weighted by Gasteiger charge is 2.19. The van der Waals surface area contributed by atoms with Gasteiger partial charge in [-0.15, -0.1) is 0 Å². The molecule has 1 atom stereocenters. The zero-order chi connectivity index (χ0) is 12.8. The van der Waals surface area contributed by atoms with Gasteiger partial charge in [-0.05, 0) is 25.5 Å². The summed E-state index contributed by atoms with van der Waals surface area (Å²) in [6.07, 6.45) is 4.49. The Morgan fingerprint density at radius 2 is 2.50 bits per heavy atom. The molecule has 100 valence electrons. The van der Waals surface area contributed by atoms with Crippen LogP contribution in [0.1, 0.15) is 25.3 Å². The molecule has 2 heterocycles. The topological polar surface area (TPSA) is 63.4 Å². The van der Waals surface area contributed by atoms with Crippen molar-refractivity contribution in [2.75, 3.05) is 25.1 Å². The Bertz CT molecular complexity index is 366. The number of nitrogens with zero attached hydrogens (tertiary/aromatic N) is 2. The molecule has 0 spiro atoms. The molecule has 1 aromatic heterocycles. The highest BCUT2D eigenvalue weighted by molar-refractivity contribution is 5.42. The molecule has 1 aliphatic rings. The molecule has 2 rings (SSSR count). The van der Waals surface area contributed by atoms with Gasteiger partial charge in [-0.25, -0.2) is 10.8 Å². The van der Waals surface area contributed by atoms with Crippen LogP contribution in [0.15, 0.2) is 18.3 Å². The van der Waals surface area contributed by atoms with Gasteiger partial charge in [-0.1, -0.05) is 13.0 Å². The summed E-state index contributed by atoms with van der Waals surface area (Å²) in [5, 5.41) is 0. The molecule has 18 heavy (non-hydrogen) atoms. The summed E-state index contributed by atoms with van der Waals surface area (Å²) in [6, 6.07) is 4.00. The second-order valence-electron chi connectivity index (χ2n) is 4.62. The summed E-state index contributed by atoms with van der Waals surface area (Å²) in [7, 11) is 0. The van der Waals surface area contributed by atoms with Crippen LogP contribution < -0.4 is 11.3 Å². The average Bonchev–Trinajstić information content (AvgIpc) is 2.91. The second-order valence-corrected chi connectivity index (χ2v) is 4.62. The second kappa shape index (κ2) is 6.68. The SMILES string of the molecule is CCN(Cc1cccnc1NN)CC1CCCO1. The van der Waals surface area contributed by atoms with E-state index in [-0.39, 0.29) is 0 Å². The van der Waals surface area contributed by atoms with Gasteiger partial charge < -0.3 is 10.2 Å². The van der Waals surface area contributed by atoms with E-state index in [1.54, 1.807) is 6.20 Å². The highest BCUT2D eigenvalue weighted by atomic mass is 16.5. The molecular weight excluding hydrogens is 228 g/mol. The van der Waals surface area contributed by atoms with Crippen molar-refractivity contribution >= 4 is 5.82 Å². The number of aromatic nitrogens is 1. The standard InChI is InChI=1S/C13H22N4O/c1-2-17(10-12-6-4-8-18-12)9-11-5-3-7-15-13(11)16-14/h3,5,7,12H,2,4,6,8-10,14H2,1H3,(H,15,16). The van der Waals surface area contributed by atoms with Gasteiger partial charge >= 0.3 is 0 Å². The Balaban J connectivity index is 1.96. The number of nitrogens with one attached hydrogen (secondary N) is 1. The normalized spacial score (nSPS) is 19.4. The van der Waals surface area contributed by atoms with E-state index in [1.807, 2.05) is 6.07 Å². The van der Waals surface area contributed by atoms with Crippen molar-refractivity contribution in [1.29, 1.82) is 0 Å². The number of hydrogen-bond acceptors (Lipinski definition) is 5. The molecule has 1 saturated heterocycles. The van der Waals surface area contributed by atoms with Crippen LogP contribution in [0.3, 0.4) is 0 Å². The maximum absolute atomic E-state index is 5.68. The third-order valence-corrected chi connectivity index (χ3v) is 3.35. The maximum Gasteiger partial charge on any atom is 0.144 e. The van der Waals surface area contributed by atoms with Crippen LogP contribution in [0.4, 0.5) is 5.82 Å². The number of hydrogen-bond donors (Lipinski definition) is 2. The van der Waals surface area contributed by atoms with Crippen molar-refractivity contribution < 1.29 is 4.74 Å². The first-order valence-corrected chi connectivity index (χ1v) is 6.58. The molecule has 0 saturated carbocycles. The molecule has 3 N–H and O–H groups in total. The van der Waals surface area contributed by atoms with Gasteiger partial charge in [0.15, 0.2) is 0 Å². The fraction of sp³-hybridized carbons (Fsp3) is 0.615. The van der Waals surface area contributed by atoms with Crippen LogP contribution in [-0.2, 0) is 11.3 Å². The molecule has 5 nitrogen and oxygen atoms in total. The Hall–Kier alpha value is -1.17. The van der Waals surface area contributed by atoms with Crippen LogP contribution in [0.5, 0.6) is 0 Å². The van der Waals surface area contributed by atoms with Crippen molar-refractivity contribution in [2.24, 2.45) is 5.84 Å². The number of anilines is 1. The molecule has 0 bridgehead atoms. The average molecular weight is 250 g/mol. The molecule has 1 aliphatic heterocycles. The quantitative estimate of drug-likeness (QED) is 0.590. The third kappa shape index (κ3) is 3.41. The van der Waals surface area contributed by atoms with E-state index in [0.29, 0.717) is 6.10 Å². The molecule has 0 radical (unpaired) electrons. The molecule has 0 aromatic carbocycles. The molecule has 1 unspecified atom stereocenters. The molecule has 5 heteroatoms. The zero-order valence-electron chi connectivity index (χ0n) is 10.9. The number of likely N-dealkylation sites (N-methyl/N-ethyl adjacent to an activating group) is 1. The minimum atomic E-state index is 0.385. The maximum atomic E-state index is 5.68. The van der Waals surface area contributed by atoms with E-state index in [0.717, 1.165) is 37.6 Å². The van der Waals surface area contributed by atoms with E-state index in [2.05, 4.69) is 28.3 Å². The fourth-order valence-electron chi connectivity index (χ4n) is 2.32. The van der Waals surface area contributed by atoms with Gasteiger partial charge in [0.1, 0.15) is 5.82 Å². The minimum absolute atomic E-state index is 0.385. The number of pyridine rings is 1. The smallest absolute Gasteiger partial charge is 0.144 e. The summed E-state index contributed by atoms with van der Waals surface area (Å²) < 4.78 is 5.68. The molecule has 1 aromatic rings. The predicted molar refractivity (Wildman–Crippen MR) is 72.0 cm³/mol. The molecular formula is C13H22N4O. The lowest BCUT2D eigenvalue weighted by Crippen LogP contribution is -2.32. The van der Waals surface area contributed by atoms with Crippen molar-refractivity contribution in [2.45, 2.75) is 32.4 Å².